The molecule has 0 unspecified atom stereocenters. The number of allylic oxidation sites excluding steroid dienone is 2. The van der Waals surface area contributed by atoms with Gasteiger partial charge in [-0.25, -0.2) is 0 Å². The van der Waals surface area contributed by atoms with Gasteiger partial charge in [-0.1, -0.05) is 26.0 Å². The van der Waals surface area contributed by atoms with Gasteiger partial charge in [-0.2, -0.15) is 0 Å². The molecule has 1 aliphatic rings. The van der Waals surface area contributed by atoms with Crippen molar-refractivity contribution in [3.05, 3.63) is 25.3 Å². The van der Waals surface area contributed by atoms with E-state index in [9.17, 15) is 0 Å². The molecule has 0 heterocycles. The van der Waals surface area contributed by atoms with Crippen molar-refractivity contribution in [3.8, 4) is 0 Å². The lowest BCUT2D eigenvalue weighted by Gasteiger charge is -2.36. The molecule has 0 heteroatoms. The highest BCUT2D eigenvalue weighted by atomic mass is 14.3. The van der Waals surface area contributed by atoms with E-state index in [1.807, 2.05) is 0 Å². The Bertz CT molecular complexity index is 169. The fourth-order valence-corrected chi connectivity index (χ4v) is 2.28. The normalized spacial score (nSPS) is 42.2. The Hall–Kier alpha value is -0.520. The van der Waals surface area contributed by atoms with Crippen molar-refractivity contribution in [1.82, 2.24) is 0 Å². The molecule has 1 rings (SSSR count). The fraction of sp³-hybridized carbons (Fsp3) is 0.667. The summed E-state index contributed by atoms with van der Waals surface area (Å²) in [6.45, 7) is 12.5. The summed E-state index contributed by atoms with van der Waals surface area (Å²) in [5.41, 5.74) is 0. The van der Waals surface area contributed by atoms with Crippen molar-refractivity contribution in [2.24, 2.45) is 23.7 Å². The van der Waals surface area contributed by atoms with E-state index < -0.39 is 0 Å². The number of hydrogen-bond donors (Lipinski definition) is 0. The zero-order chi connectivity index (χ0) is 9.14. The Morgan fingerprint density at radius 3 is 2.25 bits per heavy atom. The van der Waals surface area contributed by atoms with Gasteiger partial charge < -0.3 is 0 Å². The molecule has 1 aliphatic carbocycles. The molecule has 0 bridgehead atoms. The third-order valence-corrected chi connectivity index (χ3v) is 3.46. The predicted octanol–water partition coefficient (Wildman–Crippen LogP) is 3.66. The molecule has 0 spiro atoms. The Morgan fingerprint density at radius 2 is 1.75 bits per heavy atom. The standard InChI is InChI=1S/C12H20/c1-5-11-7-9(3)10(4)12(6-2)8-11/h5-6,9-12H,1-2,7-8H2,3-4H3/t9-,10-,11-,12+/m0/s1. The van der Waals surface area contributed by atoms with Crippen LogP contribution in [0.2, 0.25) is 0 Å². The highest BCUT2D eigenvalue weighted by Crippen LogP contribution is 2.38. The van der Waals surface area contributed by atoms with Crippen LogP contribution in [0.25, 0.3) is 0 Å². The van der Waals surface area contributed by atoms with Crippen LogP contribution in [0, 0.1) is 23.7 Å². The lowest BCUT2D eigenvalue weighted by Crippen LogP contribution is -2.27. The Morgan fingerprint density at radius 1 is 1.08 bits per heavy atom. The lowest BCUT2D eigenvalue weighted by atomic mass is 9.69. The zero-order valence-electron chi connectivity index (χ0n) is 8.29. The van der Waals surface area contributed by atoms with Gasteiger partial charge in [0.15, 0.2) is 0 Å². The molecule has 0 nitrogen and oxygen atoms in total. The Kier molecular flexibility index (Phi) is 3.13. The van der Waals surface area contributed by atoms with E-state index >= 15 is 0 Å². The summed E-state index contributed by atoms with van der Waals surface area (Å²) in [5, 5.41) is 0. The first kappa shape index (κ1) is 9.57. The first-order valence-electron chi connectivity index (χ1n) is 4.94. The molecule has 68 valence electrons. The van der Waals surface area contributed by atoms with E-state index in [4.69, 9.17) is 0 Å². The predicted molar refractivity (Wildman–Crippen MR) is 54.9 cm³/mol. The lowest BCUT2D eigenvalue weighted by molar-refractivity contribution is 0.184. The highest BCUT2D eigenvalue weighted by Gasteiger charge is 2.29. The zero-order valence-corrected chi connectivity index (χ0v) is 8.29. The fourth-order valence-electron chi connectivity index (χ4n) is 2.28. The molecule has 1 fully saturated rings. The number of rotatable bonds is 2. The summed E-state index contributed by atoms with van der Waals surface area (Å²) in [4.78, 5) is 0. The second-order valence-corrected chi connectivity index (χ2v) is 4.20. The minimum absolute atomic E-state index is 0.705. The third kappa shape index (κ3) is 1.80. The van der Waals surface area contributed by atoms with Crippen LogP contribution >= 0.6 is 0 Å². The van der Waals surface area contributed by atoms with Crippen LogP contribution in [-0.4, -0.2) is 0 Å². The van der Waals surface area contributed by atoms with Crippen molar-refractivity contribution >= 4 is 0 Å². The van der Waals surface area contributed by atoms with Crippen LogP contribution in [0.3, 0.4) is 0 Å². The summed E-state index contributed by atoms with van der Waals surface area (Å²) < 4.78 is 0. The molecule has 0 radical (unpaired) electrons. The SMILES string of the molecule is C=C[C@@H]1C[C@@H](C=C)[C@@H](C)[C@@H](C)C1. The van der Waals surface area contributed by atoms with Crippen molar-refractivity contribution in [2.75, 3.05) is 0 Å². The van der Waals surface area contributed by atoms with Crippen LogP contribution < -0.4 is 0 Å². The summed E-state index contributed by atoms with van der Waals surface area (Å²) in [6, 6.07) is 0. The first-order chi connectivity index (χ1) is 5.69. The van der Waals surface area contributed by atoms with Crippen molar-refractivity contribution in [3.63, 3.8) is 0 Å². The Balaban J connectivity index is 2.63. The smallest absolute Gasteiger partial charge is 0.0202 e. The summed E-state index contributed by atoms with van der Waals surface area (Å²) >= 11 is 0. The van der Waals surface area contributed by atoms with Crippen molar-refractivity contribution in [2.45, 2.75) is 26.7 Å². The molecule has 0 aromatic carbocycles. The average Bonchev–Trinajstić information content (AvgIpc) is 2.09. The molecule has 0 saturated heterocycles. The molecule has 12 heavy (non-hydrogen) atoms. The van der Waals surface area contributed by atoms with Gasteiger partial charge >= 0.3 is 0 Å². The molecule has 0 amide bonds. The van der Waals surface area contributed by atoms with Crippen LogP contribution in [0.15, 0.2) is 25.3 Å². The van der Waals surface area contributed by atoms with Gasteiger partial charge in [0.1, 0.15) is 0 Å². The van der Waals surface area contributed by atoms with Gasteiger partial charge in [0.05, 0.1) is 0 Å². The molecule has 0 aliphatic heterocycles. The van der Waals surface area contributed by atoms with E-state index in [1.54, 1.807) is 0 Å². The maximum atomic E-state index is 3.90. The second kappa shape index (κ2) is 3.93. The largest absolute Gasteiger partial charge is 0.103 e. The van der Waals surface area contributed by atoms with Crippen molar-refractivity contribution < 1.29 is 0 Å². The van der Waals surface area contributed by atoms with Gasteiger partial charge in [0, 0.05) is 0 Å². The molecule has 0 N–H and O–H groups in total. The molecule has 0 aromatic heterocycles. The van der Waals surface area contributed by atoms with Crippen LogP contribution in [0.4, 0.5) is 0 Å². The molecule has 4 atom stereocenters. The number of hydrogen-bond acceptors (Lipinski definition) is 0. The van der Waals surface area contributed by atoms with E-state index in [1.165, 1.54) is 12.8 Å². The summed E-state index contributed by atoms with van der Waals surface area (Å²) in [7, 11) is 0. The van der Waals surface area contributed by atoms with Gasteiger partial charge in [0.25, 0.3) is 0 Å². The van der Waals surface area contributed by atoms with E-state index in [0.29, 0.717) is 5.92 Å². The highest BCUT2D eigenvalue weighted by molar-refractivity contribution is 4.95. The average molecular weight is 164 g/mol. The van der Waals surface area contributed by atoms with Gasteiger partial charge in [-0.3, -0.25) is 0 Å². The monoisotopic (exact) mass is 164 g/mol. The minimum atomic E-state index is 0.705. The third-order valence-electron chi connectivity index (χ3n) is 3.46. The van der Waals surface area contributed by atoms with E-state index in [2.05, 4.69) is 39.2 Å². The first-order valence-corrected chi connectivity index (χ1v) is 4.94. The van der Waals surface area contributed by atoms with Crippen molar-refractivity contribution in [1.29, 1.82) is 0 Å². The summed E-state index contributed by atoms with van der Waals surface area (Å²) in [5.74, 6) is 3.06. The van der Waals surface area contributed by atoms with E-state index in [-0.39, 0.29) is 0 Å². The maximum Gasteiger partial charge on any atom is -0.0202 e. The van der Waals surface area contributed by atoms with Gasteiger partial charge in [-0.15, -0.1) is 13.2 Å². The minimum Gasteiger partial charge on any atom is -0.103 e. The summed E-state index contributed by atoms with van der Waals surface area (Å²) in [6.07, 6.45) is 6.81. The van der Waals surface area contributed by atoms with E-state index in [0.717, 1.165) is 17.8 Å². The molecule has 1 saturated carbocycles. The van der Waals surface area contributed by atoms with Crippen LogP contribution in [0.1, 0.15) is 26.7 Å². The topological polar surface area (TPSA) is 0 Å². The quantitative estimate of drug-likeness (QED) is 0.546. The van der Waals surface area contributed by atoms with Crippen LogP contribution in [0.5, 0.6) is 0 Å². The van der Waals surface area contributed by atoms with Crippen LogP contribution in [-0.2, 0) is 0 Å². The molecular weight excluding hydrogens is 144 g/mol. The van der Waals surface area contributed by atoms with Gasteiger partial charge in [0.2, 0.25) is 0 Å². The maximum absolute atomic E-state index is 3.90. The second-order valence-electron chi connectivity index (χ2n) is 4.20. The Labute approximate surface area is 76.4 Å². The van der Waals surface area contributed by atoms with Gasteiger partial charge in [-0.05, 0) is 36.5 Å². The molecule has 0 aromatic rings. The molecular formula is C12H20.